The van der Waals surface area contributed by atoms with E-state index in [4.69, 9.17) is 4.74 Å². The van der Waals surface area contributed by atoms with Gasteiger partial charge in [0.15, 0.2) is 0 Å². The Labute approximate surface area is 108 Å². The van der Waals surface area contributed by atoms with Gasteiger partial charge in [0, 0.05) is 0 Å². The van der Waals surface area contributed by atoms with Crippen molar-refractivity contribution in [3.8, 4) is 0 Å². The maximum absolute atomic E-state index is 11.4. The van der Waals surface area contributed by atoms with Crippen molar-refractivity contribution >= 4 is 17.6 Å². The summed E-state index contributed by atoms with van der Waals surface area (Å²) in [4.78, 5) is 36.5. The number of esters is 2. The molecule has 0 unspecified atom stereocenters. The average molecular weight is 268 g/mol. The lowest BCUT2D eigenvalue weighted by molar-refractivity contribution is -0.385. The third kappa shape index (κ3) is 3.73. The van der Waals surface area contributed by atoms with Crippen molar-refractivity contribution in [3.05, 3.63) is 33.6 Å². The standard InChI is InChI=1S/C11H12N2O6/c1-3-19-10(14)5-7-4-8(11(15)18-2)9(6-12-7)13(16)17/h4,6H,3,5H2,1-2H3. The molecule has 0 fully saturated rings. The van der Waals surface area contributed by atoms with E-state index in [1.807, 2.05) is 0 Å². The van der Waals surface area contributed by atoms with Crippen molar-refractivity contribution in [1.29, 1.82) is 0 Å². The summed E-state index contributed by atoms with van der Waals surface area (Å²) in [6, 6.07) is 1.15. The van der Waals surface area contributed by atoms with E-state index in [-0.39, 0.29) is 24.3 Å². The molecule has 0 aliphatic heterocycles. The lowest BCUT2D eigenvalue weighted by Crippen LogP contribution is -2.12. The number of carbonyl (C=O) groups is 2. The lowest BCUT2D eigenvalue weighted by atomic mass is 10.1. The largest absolute Gasteiger partial charge is 0.466 e. The van der Waals surface area contributed by atoms with Crippen LogP contribution in [-0.2, 0) is 20.7 Å². The van der Waals surface area contributed by atoms with Gasteiger partial charge in [0.2, 0.25) is 0 Å². The van der Waals surface area contributed by atoms with Crippen molar-refractivity contribution in [1.82, 2.24) is 4.98 Å². The van der Waals surface area contributed by atoms with E-state index in [0.29, 0.717) is 0 Å². The fourth-order valence-electron chi connectivity index (χ4n) is 1.37. The molecule has 0 saturated heterocycles. The Morgan fingerprint density at radius 1 is 1.47 bits per heavy atom. The normalized spacial score (nSPS) is 9.79. The van der Waals surface area contributed by atoms with Crippen LogP contribution in [0.1, 0.15) is 23.0 Å². The molecular formula is C11H12N2O6. The molecule has 1 aromatic rings. The molecule has 0 aliphatic rings. The smallest absolute Gasteiger partial charge is 0.345 e. The number of hydrogen-bond acceptors (Lipinski definition) is 7. The Bertz CT molecular complexity index is 514. The molecule has 0 spiro atoms. The summed E-state index contributed by atoms with van der Waals surface area (Å²) >= 11 is 0. The zero-order chi connectivity index (χ0) is 14.4. The van der Waals surface area contributed by atoms with Crippen LogP contribution in [0, 0.1) is 10.1 Å². The molecule has 1 rings (SSSR count). The number of nitro groups is 1. The second kappa shape index (κ2) is 6.43. The molecule has 0 aromatic carbocycles. The summed E-state index contributed by atoms with van der Waals surface area (Å²) in [7, 11) is 1.11. The summed E-state index contributed by atoms with van der Waals surface area (Å²) in [5.74, 6) is -1.39. The van der Waals surface area contributed by atoms with Crippen LogP contribution in [-0.4, -0.2) is 35.6 Å². The number of pyridine rings is 1. The zero-order valence-corrected chi connectivity index (χ0v) is 10.4. The lowest BCUT2D eigenvalue weighted by Gasteiger charge is -2.04. The molecule has 102 valence electrons. The van der Waals surface area contributed by atoms with E-state index in [2.05, 4.69) is 9.72 Å². The van der Waals surface area contributed by atoms with E-state index < -0.39 is 22.5 Å². The fraction of sp³-hybridized carbons (Fsp3) is 0.364. The molecule has 0 atom stereocenters. The van der Waals surface area contributed by atoms with Gasteiger partial charge in [0.25, 0.3) is 0 Å². The van der Waals surface area contributed by atoms with Crippen LogP contribution in [0.5, 0.6) is 0 Å². The summed E-state index contributed by atoms with van der Waals surface area (Å²) in [6.45, 7) is 1.87. The number of hydrogen-bond donors (Lipinski definition) is 0. The topological polar surface area (TPSA) is 109 Å². The molecule has 8 nitrogen and oxygen atoms in total. The predicted octanol–water partition coefficient (Wildman–Crippen LogP) is 0.882. The summed E-state index contributed by atoms with van der Waals surface area (Å²) in [5, 5.41) is 10.7. The number of carbonyl (C=O) groups excluding carboxylic acids is 2. The third-order valence-corrected chi connectivity index (χ3v) is 2.17. The molecule has 1 heterocycles. The van der Waals surface area contributed by atoms with Crippen LogP contribution in [0.2, 0.25) is 0 Å². The number of ether oxygens (including phenoxy) is 2. The molecule has 0 bridgehead atoms. The number of methoxy groups -OCH3 is 1. The van der Waals surface area contributed by atoms with Gasteiger partial charge in [-0.05, 0) is 13.0 Å². The van der Waals surface area contributed by atoms with Crippen LogP contribution in [0.25, 0.3) is 0 Å². The van der Waals surface area contributed by atoms with E-state index in [9.17, 15) is 19.7 Å². The first-order chi connectivity index (χ1) is 8.99. The zero-order valence-electron chi connectivity index (χ0n) is 10.4. The second-order valence-electron chi connectivity index (χ2n) is 3.42. The Morgan fingerprint density at radius 3 is 2.68 bits per heavy atom. The quantitative estimate of drug-likeness (QED) is 0.443. The number of aromatic nitrogens is 1. The SMILES string of the molecule is CCOC(=O)Cc1cc(C(=O)OC)c([N+](=O)[O-])cn1. The fourth-order valence-corrected chi connectivity index (χ4v) is 1.37. The highest BCUT2D eigenvalue weighted by Gasteiger charge is 2.22. The minimum atomic E-state index is -0.862. The first-order valence-corrected chi connectivity index (χ1v) is 5.36. The van der Waals surface area contributed by atoms with Gasteiger partial charge in [-0.2, -0.15) is 0 Å². The summed E-state index contributed by atoms with van der Waals surface area (Å²) in [5.41, 5.74) is -0.522. The second-order valence-corrected chi connectivity index (χ2v) is 3.42. The van der Waals surface area contributed by atoms with E-state index in [1.54, 1.807) is 6.92 Å². The van der Waals surface area contributed by atoms with Crippen molar-refractivity contribution < 1.29 is 24.0 Å². The molecule has 0 amide bonds. The molecule has 0 N–H and O–H groups in total. The van der Waals surface area contributed by atoms with E-state index in [1.165, 1.54) is 0 Å². The molecular weight excluding hydrogens is 256 g/mol. The Kier molecular flexibility index (Phi) is 4.92. The highest BCUT2D eigenvalue weighted by atomic mass is 16.6. The molecule has 0 aliphatic carbocycles. The number of rotatable bonds is 5. The van der Waals surface area contributed by atoms with E-state index >= 15 is 0 Å². The summed E-state index contributed by atoms with van der Waals surface area (Å²) in [6.07, 6.45) is 0.747. The maximum atomic E-state index is 11.4. The Balaban J connectivity index is 3.08. The van der Waals surface area contributed by atoms with Gasteiger partial charge in [-0.1, -0.05) is 0 Å². The molecule has 1 aromatic heterocycles. The molecule has 0 saturated carbocycles. The molecule has 0 radical (unpaired) electrons. The van der Waals surface area contributed by atoms with Crippen LogP contribution >= 0.6 is 0 Å². The van der Waals surface area contributed by atoms with Gasteiger partial charge >= 0.3 is 17.6 Å². The molecule has 19 heavy (non-hydrogen) atoms. The predicted molar refractivity (Wildman–Crippen MR) is 62.6 cm³/mol. The number of nitrogens with zero attached hydrogens (tertiary/aromatic N) is 2. The van der Waals surface area contributed by atoms with Gasteiger partial charge in [0.05, 0.1) is 30.8 Å². The van der Waals surface area contributed by atoms with Crippen LogP contribution < -0.4 is 0 Å². The minimum absolute atomic E-state index is 0.171. The van der Waals surface area contributed by atoms with Crippen molar-refractivity contribution in [2.24, 2.45) is 0 Å². The Hall–Kier alpha value is -2.51. The van der Waals surface area contributed by atoms with E-state index in [0.717, 1.165) is 19.4 Å². The first-order valence-electron chi connectivity index (χ1n) is 5.36. The van der Waals surface area contributed by atoms with Crippen LogP contribution in [0.3, 0.4) is 0 Å². The van der Waals surface area contributed by atoms with Gasteiger partial charge in [-0.15, -0.1) is 0 Å². The van der Waals surface area contributed by atoms with Crippen molar-refractivity contribution in [3.63, 3.8) is 0 Å². The van der Waals surface area contributed by atoms with Crippen molar-refractivity contribution in [2.45, 2.75) is 13.3 Å². The average Bonchev–Trinajstić information content (AvgIpc) is 2.37. The van der Waals surface area contributed by atoms with Gasteiger partial charge in [-0.25, -0.2) is 4.79 Å². The highest BCUT2D eigenvalue weighted by Crippen LogP contribution is 2.19. The maximum Gasteiger partial charge on any atom is 0.345 e. The van der Waals surface area contributed by atoms with Crippen molar-refractivity contribution in [2.75, 3.05) is 13.7 Å². The summed E-state index contributed by atoms with van der Waals surface area (Å²) < 4.78 is 9.17. The van der Waals surface area contributed by atoms with Gasteiger partial charge in [-0.3, -0.25) is 19.9 Å². The molecule has 8 heteroatoms. The van der Waals surface area contributed by atoms with Crippen LogP contribution in [0.4, 0.5) is 5.69 Å². The monoisotopic (exact) mass is 268 g/mol. The Morgan fingerprint density at radius 2 is 2.16 bits per heavy atom. The van der Waals surface area contributed by atoms with Gasteiger partial charge in [0.1, 0.15) is 11.8 Å². The minimum Gasteiger partial charge on any atom is -0.466 e. The van der Waals surface area contributed by atoms with Gasteiger partial charge < -0.3 is 9.47 Å². The first kappa shape index (κ1) is 14.6. The van der Waals surface area contributed by atoms with Crippen LogP contribution in [0.15, 0.2) is 12.3 Å². The third-order valence-electron chi connectivity index (χ3n) is 2.17. The highest BCUT2D eigenvalue weighted by molar-refractivity contribution is 5.93.